The van der Waals surface area contributed by atoms with Crippen molar-refractivity contribution in [2.75, 3.05) is 18.5 Å². The van der Waals surface area contributed by atoms with Gasteiger partial charge in [0.05, 0.1) is 0 Å². The molecule has 0 saturated heterocycles. The van der Waals surface area contributed by atoms with Gasteiger partial charge in [-0.05, 0) is 25.0 Å². The quantitative estimate of drug-likeness (QED) is 0.822. The fourth-order valence-electron chi connectivity index (χ4n) is 1.35. The van der Waals surface area contributed by atoms with Crippen LogP contribution >= 0.6 is 0 Å². The Morgan fingerprint density at radius 2 is 1.60 bits per heavy atom. The van der Waals surface area contributed by atoms with Crippen molar-refractivity contribution in [1.82, 2.24) is 6.15 Å². The highest BCUT2D eigenvalue weighted by Gasteiger charge is 2.01. The van der Waals surface area contributed by atoms with Crippen molar-refractivity contribution in [3.05, 3.63) is 29.8 Å². The van der Waals surface area contributed by atoms with Gasteiger partial charge in [0.25, 0.3) is 0 Å². The van der Waals surface area contributed by atoms with Crippen LogP contribution in [0.5, 0.6) is 0 Å². The standard InChI is InChI=1S/C11H17N.C2H6.H3N/c1-4-10-8-6-7-9-11(10)12(3)5-2;1-2;/h6-9H,4-5H2,1-3H3;1-2H3;1H3. The monoisotopic (exact) mass is 210 g/mol. The third-order valence-corrected chi connectivity index (χ3v) is 2.26. The Labute approximate surface area is 94.9 Å². The van der Waals surface area contributed by atoms with Crippen molar-refractivity contribution < 1.29 is 0 Å². The van der Waals surface area contributed by atoms with Gasteiger partial charge in [0.15, 0.2) is 0 Å². The molecule has 15 heavy (non-hydrogen) atoms. The average molecular weight is 210 g/mol. The van der Waals surface area contributed by atoms with Crippen LogP contribution in [0.15, 0.2) is 24.3 Å². The lowest BCUT2D eigenvalue weighted by Gasteiger charge is -2.19. The van der Waals surface area contributed by atoms with Crippen LogP contribution in [0.25, 0.3) is 0 Å². The van der Waals surface area contributed by atoms with Gasteiger partial charge in [-0.1, -0.05) is 39.0 Å². The summed E-state index contributed by atoms with van der Waals surface area (Å²) in [6, 6.07) is 8.58. The van der Waals surface area contributed by atoms with Gasteiger partial charge in [-0.3, -0.25) is 0 Å². The molecule has 0 unspecified atom stereocenters. The van der Waals surface area contributed by atoms with Crippen LogP contribution in [0.3, 0.4) is 0 Å². The predicted octanol–water partition coefficient (Wildman–Crippen LogP) is 3.89. The smallest absolute Gasteiger partial charge is 0.0395 e. The van der Waals surface area contributed by atoms with Crippen LogP contribution in [-0.4, -0.2) is 13.6 Å². The molecule has 0 atom stereocenters. The zero-order valence-electron chi connectivity index (χ0n) is 10.9. The first-order valence-corrected chi connectivity index (χ1v) is 5.58. The van der Waals surface area contributed by atoms with Gasteiger partial charge >= 0.3 is 0 Å². The van der Waals surface area contributed by atoms with E-state index in [-0.39, 0.29) is 6.15 Å². The SMILES string of the molecule is CC.CCc1ccccc1N(C)CC.N. The minimum absolute atomic E-state index is 0. The summed E-state index contributed by atoms with van der Waals surface area (Å²) < 4.78 is 0. The third-order valence-electron chi connectivity index (χ3n) is 2.26. The van der Waals surface area contributed by atoms with Crippen LogP contribution in [0.4, 0.5) is 5.69 Å². The van der Waals surface area contributed by atoms with E-state index in [9.17, 15) is 0 Å². The fraction of sp³-hybridized carbons (Fsp3) is 0.538. The van der Waals surface area contributed by atoms with E-state index in [4.69, 9.17) is 0 Å². The Balaban J connectivity index is 0. The molecule has 88 valence electrons. The topological polar surface area (TPSA) is 38.2 Å². The number of nitrogens with zero attached hydrogens (tertiary/aromatic N) is 1. The molecule has 0 heterocycles. The summed E-state index contributed by atoms with van der Waals surface area (Å²) in [5.41, 5.74) is 2.80. The molecule has 0 aliphatic heterocycles. The van der Waals surface area contributed by atoms with Crippen LogP contribution in [0.2, 0.25) is 0 Å². The van der Waals surface area contributed by atoms with Crippen molar-refractivity contribution in [1.29, 1.82) is 0 Å². The highest BCUT2D eigenvalue weighted by Crippen LogP contribution is 2.18. The lowest BCUT2D eigenvalue weighted by atomic mass is 10.1. The molecule has 0 saturated carbocycles. The highest BCUT2D eigenvalue weighted by molar-refractivity contribution is 5.52. The summed E-state index contributed by atoms with van der Waals surface area (Å²) in [5, 5.41) is 0. The molecular formula is C13H26N2. The molecule has 0 aliphatic carbocycles. The lowest BCUT2D eigenvalue weighted by molar-refractivity contribution is 0.948. The predicted molar refractivity (Wildman–Crippen MR) is 71.1 cm³/mol. The molecule has 0 radical (unpaired) electrons. The Morgan fingerprint density at radius 3 is 2.07 bits per heavy atom. The first-order chi connectivity index (χ1) is 6.79. The van der Waals surface area contributed by atoms with Gasteiger partial charge < -0.3 is 11.1 Å². The lowest BCUT2D eigenvalue weighted by Crippen LogP contribution is -2.17. The summed E-state index contributed by atoms with van der Waals surface area (Å²) in [5.74, 6) is 0. The van der Waals surface area contributed by atoms with Crippen LogP contribution < -0.4 is 11.1 Å². The van der Waals surface area contributed by atoms with E-state index in [2.05, 4.69) is 50.1 Å². The minimum atomic E-state index is 0. The van der Waals surface area contributed by atoms with E-state index >= 15 is 0 Å². The number of rotatable bonds is 3. The van der Waals surface area contributed by atoms with E-state index in [1.807, 2.05) is 13.8 Å². The van der Waals surface area contributed by atoms with Crippen LogP contribution in [0.1, 0.15) is 33.3 Å². The maximum atomic E-state index is 2.28. The molecule has 0 amide bonds. The minimum Gasteiger partial charge on any atom is -0.375 e. The molecule has 1 rings (SSSR count). The van der Waals surface area contributed by atoms with Gasteiger partial charge in [-0.15, -0.1) is 0 Å². The molecule has 1 aromatic rings. The molecule has 0 fully saturated rings. The molecule has 2 nitrogen and oxygen atoms in total. The number of anilines is 1. The van der Waals surface area contributed by atoms with Crippen molar-refractivity contribution in [2.24, 2.45) is 0 Å². The molecule has 3 N–H and O–H groups in total. The Kier molecular flexibility index (Phi) is 10.4. The number of para-hydroxylation sites is 1. The van der Waals surface area contributed by atoms with Gasteiger partial charge in [0.2, 0.25) is 0 Å². The zero-order chi connectivity index (χ0) is 11.0. The molecule has 0 bridgehead atoms. The van der Waals surface area contributed by atoms with E-state index in [1.165, 1.54) is 11.3 Å². The van der Waals surface area contributed by atoms with E-state index in [0.717, 1.165) is 13.0 Å². The normalized spacial score (nSPS) is 8.33. The van der Waals surface area contributed by atoms with Crippen molar-refractivity contribution in [3.63, 3.8) is 0 Å². The second-order valence-electron chi connectivity index (χ2n) is 3.00. The molecule has 0 aliphatic rings. The first kappa shape index (κ1) is 16.4. The van der Waals surface area contributed by atoms with Gasteiger partial charge in [0, 0.05) is 19.3 Å². The summed E-state index contributed by atoms with van der Waals surface area (Å²) in [4.78, 5) is 2.28. The van der Waals surface area contributed by atoms with Crippen LogP contribution in [0, 0.1) is 0 Å². The van der Waals surface area contributed by atoms with E-state index in [1.54, 1.807) is 0 Å². The maximum Gasteiger partial charge on any atom is 0.0395 e. The third kappa shape index (κ3) is 4.84. The number of benzene rings is 1. The largest absolute Gasteiger partial charge is 0.375 e. The van der Waals surface area contributed by atoms with Crippen molar-refractivity contribution in [3.8, 4) is 0 Å². The summed E-state index contributed by atoms with van der Waals surface area (Å²) >= 11 is 0. The second kappa shape index (κ2) is 9.53. The molecule has 1 aromatic carbocycles. The Morgan fingerprint density at radius 1 is 1.07 bits per heavy atom. The first-order valence-electron chi connectivity index (χ1n) is 5.58. The average Bonchev–Trinajstić information content (AvgIpc) is 2.30. The Hall–Kier alpha value is -1.02. The molecule has 0 aromatic heterocycles. The summed E-state index contributed by atoms with van der Waals surface area (Å²) in [6.07, 6.45) is 1.11. The molecule has 0 spiro atoms. The van der Waals surface area contributed by atoms with Crippen molar-refractivity contribution in [2.45, 2.75) is 34.1 Å². The maximum absolute atomic E-state index is 2.28. The van der Waals surface area contributed by atoms with Gasteiger partial charge in [-0.25, -0.2) is 0 Å². The van der Waals surface area contributed by atoms with E-state index < -0.39 is 0 Å². The zero-order valence-corrected chi connectivity index (χ0v) is 10.9. The van der Waals surface area contributed by atoms with E-state index in [0.29, 0.717) is 0 Å². The molecular weight excluding hydrogens is 184 g/mol. The fourth-order valence-corrected chi connectivity index (χ4v) is 1.35. The number of hydrogen-bond donors (Lipinski definition) is 1. The summed E-state index contributed by atoms with van der Waals surface area (Å²) in [6.45, 7) is 9.44. The molecule has 2 heteroatoms. The van der Waals surface area contributed by atoms with Crippen LogP contribution in [-0.2, 0) is 6.42 Å². The Bertz CT molecular complexity index is 246. The van der Waals surface area contributed by atoms with Crippen molar-refractivity contribution >= 4 is 5.69 Å². The second-order valence-corrected chi connectivity index (χ2v) is 3.00. The number of hydrogen-bond acceptors (Lipinski definition) is 2. The van der Waals surface area contributed by atoms with Gasteiger partial charge in [-0.2, -0.15) is 0 Å². The highest BCUT2D eigenvalue weighted by atomic mass is 15.1. The number of aryl methyl sites for hydroxylation is 1. The van der Waals surface area contributed by atoms with Gasteiger partial charge in [0.1, 0.15) is 0 Å². The summed E-state index contributed by atoms with van der Waals surface area (Å²) in [7, 11) is 2.13.